The summed E-state index contributed by atoms with van der Waals surface area (Å²) in [6.07, 6.45) is 5.85. The van der Waals surface area contributed by atoms with E-state index in [4.69, 9.17) is 18.9 Å². The van der Waals surface area contributed by atoms with Gasteiger partial charge in [-0.3, -0.25) is 0 Å². The Balaban J connectivity index is 1.60. The van der Waals surface area contributed by atoms with E-state index < -0.39 is 0 Å². The first-order valence-electron chi connectivity index (χ1n) is 9.23. The maximum Gasteiger partial charge on any atom is 0.161 e. The topological polar surface area (TPSA) is 36.9 Å². The summed E-state index contributed by atoms with van der Waals surface area (Å²) in [6, 6.07) is 14.4. The van der Waals surface area contributed by atoms with Gasteiger partial charge in [-0.1, -0.05) is 18.2 Å². The molecule has 2 aromatic rings. The average molecular weight is 356 g/mol. The van der Waals surface area contributed by atoms with Gasteiger partial charge in [0.1, 0.15) is 5.75 Å². The van der Waals surface area contributed by atoms with Gasteiger partial charge < -0.3 is 18.9 Å². The number of aryl methyl sites for hydroxylation is 1. The van der Waals surface area contributed by atoms with Crippen LogP contribution in [0, 0.1) is 0 Å². The Morgan fingerprint density at radius 1 is 0.885 bits per heavy atom. The molecule has 0 bridgehead atoms. The Labute approximate surface area is 156 Å². The zero-order chi connectivity index (χ0) is 18.4. The van der Waals surface area contributed by atoms with Crippen molar-refractivity contribution < 1.29 is 18.9 Å². The van der Waals surface area contributed by atoms with E-state index in [1.807, 2.05) is 24.3 Å². The summed E-state index contributed by atoms with van der Waals surface area (Å²) < 4.78 is 22.4. The molecule has 2 atom stereocenters. The van der Waals surface area contributed by atoms with E-state index in [1.54, 1.807) is 21.3 Å². The fourth-order valence-corrected chi connectivity index (χ4v) is 3.53. The molecule has 1 saturated heterocycles. The number of hydrogen-bond donors (Lipinski definition) is 0. The molecule has 0 aromatic heterocycles. The molecule has 0 spiro atoms. The molecule has 1 aliphatic heterocycles. The Morgan fingerprint density at radius 3 is 2.35 bits per heavy atom. The number of hydrogen-bond acceptors (Lipinski definition) is 4. The number of methoxy groups -OCH3 is 3. The first-order chi connectivity index (χ1) is 12.7. The van der Waals surface area contributed by atoms with Gasteiger partial charge in [-0.15, -0.1) is 0 Å². The lowest BCUT2D eigenvalue weighted by molar-refractivity contribution is -0.0546. The number of benzene rings is 2. The molecule has 0 saturated carbocycles. The molecule has 0 amide bonds. The molecule has 0 N–H and O–H groups in total. The van der Waals surface area contributed by atoms with E-state index in [1.165, 1.54) is 12.0 Å². The third kappa shape index (κ3) is 4.50. The highest BCUT2D eigenvalue weighted by molar-refractivity contribution is 5.43. The molecule has 2 aromatic carbocycles. The van der Waals surface area contributed by atoms with Crippen molar-refractivity contribution in [2.45, 2.75) is 44.3 Å². The van der Waals surface area contributed by atoms with Gasteiger partial charge >= 0.3 is 0 Å². The molecular weight excluding hydrogens is 328 g/mol. The Morgan fingerprint density at radius 2 is 1.65 bits per heavy atom. The molecular formula is C22H28O4. The van der Waals surface area contributed by atoms with Crippen molar-refractivity contribution in [3.05, 3.63) is 53.6 Å². The molecule has 4 heteroatoms. The quantitative estimate of drug-likeness (QED) is 0.703. The molecule has 1 heterocycles. The van der Waals surface area contributed by atoms with Crippen molar-refractivity contribution in [2.24, 2.45) is 0 Å². The van der Waals surface area contributed by atoms with Crippen LogP contribution in [-0.4, -0.2) is 27.4 Å². The zero-order valence-electron chi connectivity index (χ0n) is 15.9. The molecule has 1 fully saturated rings. The summed E-state index contributed by atoms with van der Waals surface area (Å²) >= 11 is 0. The Kier molecular flexibility index (Phi) is 6.40. The molecule has 26 heavy (non-hydrogen) atoms. The van der Waals surface area contributed by atoms with Crippen LogP contribution in [0.5, 0.6) is 17.2 Å². The molecule has 0 radical (unpaired) electrons. The maximum atomic E-state index is 6.39. The van der Waals surface area contributed by atoms with Crippen LogP contribution in [-0.2, 0) is 11.2 Å². The lowest BCUT2D eigenvalue weighted by Gasteiger charge is -2.31. The standard InChI is InChI=1S/C22H28O4/c1-23-18-11-7-16(8-12-18)9-13-19-5-4-6-20(26-19)17-10-14-21(24-2)22(15-17)25-3/h7-8,10-12,14-15,19-20H,4-6,9,13H2,1-3H3/t19-,20+/m0/s1. The first kappa shape index (κ1) is 18.6. The molecule has 4 nitrogen and oxygen atoms in total. The molecule has 0 unspecified atom stereocenters. The van der Waals surface area contributed by atoms with Crippen LogP contribution in [0.1, 0.15) is 42.9 Å². The van der Waals surface area contributed by atoms with Gasteiger partial charge in [0.05, 0.1) is 33.5 Å². The monoisotopic (exact) mass is 356 g/mol. The maximum absolute atomic E-state index is 6.39. The minimum absolute atomic E-state index is 0.129. The fraction of sp³-hybridized carbons (Fsp3) is 0.455. The lowest BCUT2D eigenvalue weighted by Crippen LogP contribution is -2.23. The van der Waals surface area contributed by atoms with Crippen molar-refractivity contribution in [1.82, 2.24) is 0 Å². The van der Waals surface area contributed by atoms with Crippen LogP contribution < -0.4 is 14.2 Å². The minimum Gasteiger partial charge on any atom is -0.497 e. The molecule has 0 aliphatic carbocycles. The summed E-state index contributed by atoms with van der Waals surface area (Å²) in [4.78, 5) is 0. The summed E-state index contributed by atoms with van der Waals surface area (Å²) in [5, 5.41) is 0. The van der Waals surface area contributed by atoms with Gasteiger partial charge in [-0.05, 0) is 67.5 Å². The second-order valence-electron chi connectivity index (χ2n) is 6.68. The van der Waals surface area contributed by atoms with Gasteiger partial charge in [0.2, 0.25) is 0 Å². The second-order valence-corrected chi connectivity index (χ2v) is 6.68. The van der Waals surface area contributed by atoms with E-state index in [9.17, 15) is 0 Å². The molecule has 3 rings (SSSR count). The first-order valence-corrected chi connectivity index (χ1v) is 9.23. The van der Waals surface area contributed by atoms with Crippen LogP contribution in [0.25, 0.3) is 0 Å². The van der Waals surface area contributed by atoms with Gasteiger partial charge in [0, 0.05) is 0 Å². The van der Waals surface area contributed by atoms with Gasteiger partial charge in [0.15, 0.2) is 11.5 Å². The van der Waals surface area contributed by atoms with E-state index >= 15 is 0 Å². The van der Waals surface area contributed by atoms with Crippen LogP contribution in [0.4, 0.5) is 0 Å². The summed E-state index contributed by atoms with van der Waals surface area (Å²) in [5.41, 5.74) is 2.49. The zero-order valence-corrected chi connectivity index (χ0v) is 15.9. The van der Waals surface area contributed by atoms with Gasteiger partial charge in [-0.25, -0.2) is 0 Å². The largest absolute Gasteiger partial charge is 0.497 e. The van der Waals surface area contributed by atoms with Crippen molar-refractivity contribution in [1.29, 1.82) is 0 Å². The van der Waals surface area contributed by atoms with Gasteiger partial charge in [0.25, 0.3) is 0 Å². The molecule has 1 aliphatic rings. The van der Waals surface area contributed by atoms with Crippen LogP contribution in [0.3, 0.4) is 0 Å². The van der Waals surface area contributed by atoms with Crippen LogP contribution >= 0.6 is 0 Å². The van der Waals surface area contributed by atoms with Gasteiger partial charge in [-0.2, -0.15) is 0 Å². The highest BCUT2D eigenvalue weighted by Crippen LogP contribution is 2.37. The van der Waals surface area contributed by atoms with Crippen LogP contribution in [0.2, 0.25) is 0 Å². The predicted octanol–water partition coefficient (Wildman–Crippen LogP) is 4.96. The predicted molar refractivity (Wildman–Crippen MR) is 102 cm³/mol. The van der Waals surface area contributed by atoms with E-state index in [2.05, 4.69) is 18.2 Å². The molecule has 140 valence electrons. The third-order valence-corrected chi connectivity index (χ3v) is 5.04. The summed E-state index contributed by atoms with van der Waals surface area (Å²) in [5.74, 6) is 2.41. The Hall–Kier alpha value is -2.20. The number of rotatable bonds is 7. The highest BCUT2D eigenvalue weighted by atomic mass is 16.5. The second kappa shape index (κ2) is 8.95. The van der Waals surface area contributed by atoms with E-state index in [-0.39, 0.29) is 6.10 Å². The summed E-state index contributed by atoms with van der Waals surface area (Å²) in [6.45, 7) is 0. The third-order valence-electron chi connectivity index (χ3n) is 5.04. The number of ether oxygens (including phenoxy) is 4. The minimum atomic E-state index is 0.129. The Bertz CT molecular complexity index is 696. The van der Waals surface area contributed by atoms with Crippen molar-refractivity contribution in [3.63, 3.8) is 0 Å². The fourth-order valence-electron chi connectivity index (χ4n) is 3.53. The lowest BCUT2D eigenvalue weighted by atomic mass is 9.95. The van der Waals surface area contributed by atoms with Crippen molar-refractivity contribution >= 4 is 0 Å². The SMILES string of the molecule is COc1ccc(CC[C@@H]2CCC[C@H](c3ccc(OC)c(OC)c3)O2)cc1. The van der Waals surface area contributed by atoms with E-state index in [0.29, 0.717) is 6.10 Å². The smallest absolute Gasteiger partial charge is 0.161 e. The average Bonchev–Trinajstić information content (AvgIpc) is 2.72. The van der Waals surface area contributed by atoms with Crippen LogP contribution in [0.15, 0.2) is 42.5 Å². The summed E-state index contributed by atoms with van der Waals surface area (Å²) in [7, 11) is 5.02. The van der Waals surface area contributed by atoms with Crippen molar-refractivity contribution in [3.8, 4) is 17.2 Å². The van der Waals surface area contributed by atoms with Crippen molar-refractivity contribution in [2.75, 3.05) is 21.3 Å². The normalized spacial score (nSPS) is 19.8. The highest BCUT2D eigenvalue weighted by Gasteiger charge is 2.24. The van der Waals surface area contributed by atoms with E-state index in [0.717, 1.165) is 48.5 Å².